The number of carbonyl (C=O) groups excluding carboxylic acids is 1. The van der Waals surface area contributed by atoms with Gasteiger partial charge in [0.15, 0.2) is 5.78 Å². The number of ether oxygens (including phenoxy) is 1. The second-order valence-corrected chi connectivity index (χ2v) is 7.46. The third kappa shape index (κ3) is 5.35. The van der Waals surface area contributed by atoms with E-state index in [0.29, 0.717) is 29.9 Å². The standard InChI is InChI=1S/C24H26N2O3/c1-16(2)13-22(27)21-7-8-23(17(3)24(21)28)29-15-18-5-4-6-20(14-18)26-19-9-11-25-12-10-19/h4-12,14,16,28H,13,15H2,1-3H3,(H,25,26). The normalized spacial score (nSPS) is 10.8. The van der Waals surface area contributed by atoms with Gasteiger partial charge in [0.05, 0.1) is 5.56 Å². The molecule has 0 atom stereocenters. The summed E-state index contributed by atoms with van der Waals surface area (Å²) in [6.07, 6.45) is 3.88. The lowest BCUT2D eigenvalue weighted by Gasteiger charge is -2.14. The number of aromatic hydroxyl groups is 1. The summed E-state index contributed by atoms with van der Waals surface area (Å²) in [7, 11) is 0. The Bertz CT molecular complexity index is 985. The van der Waals surface area contributed by atoms with E-state index in [1.54, 1.807) is 31.5 Å². The lowest BCUT2D eigenvalue weighted by molar-refractivity contribution is 0.0965. The first-order valence-corrected chi connectivity index (χ1v) is 9.68. The molecule has 0 fully saturated rings. The number of Topliss-reactive ketones (excluding diaryl/α,β-unsaturated/α-hetero) is 1. The zero-order chi connectivity index (χ0) is 20.8. The summed E-state index contributed by atoms with van der Waals surface area (Å²) in [5.74, 6) is 0.755. The molecule has 150 valence electrons. The number of nitrogens with zero attached hydrogens (tertiary/aromatic N) is 1. The van der Waals surface area contributed by atoms with Gasteiger partial charge in [0.2, 0.25) is 0 Å². The van der Waals surface area contributed by atoms with Crippen molar-refractivity contribution in [2.45, 2.75) is 33.8 Å². The molecular weight excluding hydrogens is 364 g/mol. The fourth-order valence-electron chi connectivity index (χ4n) is 3.05. The monoisotopic (exact) mass is 390 g/mol. The van der Waals surface area contributed by atoms with Gasteiger partial charge in [0.25, 0.3) is 0 Å². The Kier molecular flexibility index (Phi) is 6.50. The fourth-order valence-corrected chi connectivity index (χ4v) is 3.05. The van der Waals surface area contributed by atoms with Crippen LogP contribution in [-0.4, -0.2) is 15.9 Å². The number of carbonyl (C=O) groups is 1. The topological polar surface area (TPSA) is 71.5 Å². The maximum Gasteiger partial charge on any atom is 0.166 e. The van der Waals surface area contributed by atoms with E-state index in [9.17, 15) is 9.90 Å². The Morgan fingerprint density at radius 3 is 2.59 bits per heavy atom. The zero-order valence-corrected chi connectivity index (χ0v) is 17.0. The summed E-state index contributed by atoms with van der Waals surface area (Å²) >= 11 is 0. The molecule has 2 N–H and O–H groups in total. The number of rotatable bonds is 8. The van der Waals surface area contributed by atoms with Crippen LogP contribution in [0.4, 0.5) is 11.4 Å². The molecule has 0 saturated heterocycles. The molecule has 0 radical (unpaired) electrons. The van der Waals surface area contributed by atoms with E-state index in [2.05, 4.69) is 10.3 Å². The quantitative estimate of drug-likeness (QED) is 0.487. The fraction of sp³-hybridized carbons (Fsp3) is 0.250. The number of phenols is 1. The highest BCUT2D eigenvalue weighted by Crippen LogP contribution is 2.32. The van der Waals surface area contributed by atoms with Crippen LogP contribution in [0.25, 0.3) is 0 Å². The summed E-state index contributed by atoms with van der Waals surface area (Å²) in [6.45, 7) is 6.08. The third-order valence-electron chi connectivity index (χ3n) is 4.57. The molecule has 0 spiro atoms. The number of ketones is 1. The smallest absolute Gasteiger partial charge is 0.166 e. The number of pyridine rings is 1. The zero-order valence-electron chi connectivity index (χ0n) is 17.0. The average molecular weight is 390 g/mol. The number of nitrogens with one attached hydrogen (secondary N) is 1. The van der Waals surface area contributed by atoms with E-state index >= 15 is 0 Å². The molecule has 1 aromatic heterocycles. The Morgan fingerprint density at radius 1 is 1.10 bits per heavy atom. The predicted molar refractivity (Wildman–Crippen MR) is 115 cm³/mol. The number of anilines is 2. The van der Waals surface area contributed by atoms with E-state index in [0.717, 1.165) is 16.9 Å². The van der Waals surface area contributed by atoms with Crippen LogP contribution in [0, 0.1) is 12.8 Å². The van der Waals surface area contributed by atoms with Gasteiger partial charge < -0.3 is 15.2 Å². The Hall–Kier alpha value is -3.34. The number of phenolic OH excluding ortho intramolecular Hbond substituents is 1. The second-order valence-electron chi connectivity index (χ2n) is 7.46. The van der Waals surface area contributed by atoms with Crippen molar-refractivity contribution >= 4 is 17.2 Å². The number of hydrogen-bond acceptors (Lipinski definition) is 5. The van der Waals surface area contributed by atoms with Crippen molar-refractivity contribution in [1.29, 1.82) is 0 Å². The van der Waals surface area contributed by atoms with Crippen LogP contribution in [0.1, 0.15) is 41.8 Å². The first-order valence-electron chi connectivity index (χ1n) is 9.68. The Labute approximate surface area is 171 Å². The van der Waals surface area contributed by atoms with Crippen molar-refractivity contribution in [3.05, 3.63) is 77.6 Å². The van der Waals surface area contributed by atoms with Crippen LogP contribution in [0.2, 0.25) is 0 Å². The van der Waals surface area contributed by atoms with E-state index in [1.807, 2.05) is 50.2 Å². The van der Waals surface area contributed by atoms with Gasteiger partial charge in [-0.05, 0) is 54.8 Å². The van der Waals surface area contributed by atoms with Gasteiger partial charge >= 0.3 is 0 Å². The molecule has 0 unspecified atom stereocenters. The van der Waals surface area contributed by atoms with Gasteiger partial charge in [-0.1, -0.05) is 26.0 Å². The minimum absolute atomic E-state index is 0.00116. The number of aromatic nitrogens is 1. The maximum absolute atomic E-state index is 12.3. The summed E-state index contributed by atoms with van der Waals surface area (Å²) in [6, 6.07) is 15.1. The summed E-state index contributed by atoms with van der Waals surface area (Å²) in [5.41, 5.74) is 3.83. The van der Waals surface area contributed by atoms with E-state index in [1.165, 1.54) is 0 Å². The van der Waals surface area contributed by atoms with E-state index in [-0.39, 0.29) is 17.5 Å². The molecule has 29 heavy (non-hydrogen) atoms. The van der Waals surface area contributed by atoms with Crippen molar-refractivity contribution in [1.82, 2.24) is 4.98 Å². The maximum atomic E-state index is 12.3. The largest absolute Gasteiger partial charge is 0.507 e. The molecule has 0 aliphatic rings. The highest BCUT2D eigenvalue weighted by molar-refractivity contribution is 5.99. The molecular formula is C24H26N2O3. The summed E-state index contributed by atoms with van der Waals surface area (Å²) in [5, 5.41) is 13.8. The van der Waals surface area contributed by atoms with Gasteiger partial charge in [-0.15, -0.1) is 0 Å². The third-order valence-corrected chi connectivity index (χ3v) is 4.57. The van der Waals surface area contributed by atoms with Crippen molar-refractivity contribution in [3.63, 3.8) is 0 Å². The SMILES string of the molecule is Cc1c(OCc2cccc(Nc3ccncc3)c2)ccc(C(=O)CC(C)C)c1O. The lowest BCUT2D eigenvalue weighted by Crippen LogP contribution is -2.05. The van der Waals surface area contributed by atoms with E-state index < -0.39 is 0 Å². The van der Waals surface area contributed by atoms with Crippen LogP contribution in [0.5, 0.6) is 11.5 Å². The van der Waals surface area contributed by atoms with Gasteiger partial charge in [0, 0.05) is 35.8 Å². The van der Waals surface area contributed by atoms with Gasteiger partial charge in [-0.2, -0.15) is 0 Å². The highest BCUT2D eigenvalue weighted by atomic mass is 16.5. The molecule has 0 aliphatic carbocycles. The number of benzene rings is 2. The Balaban J connectivity index is 1.69. The van der Waals surface area contributed by atoms with Gasteiger partial charge in [-0.25, -0.2) is 0 Å². The molecule has 3 rings (SSSR count). The summed E-state index contributed by atoms with van der Waals surface area (Å²) < 4.78 is 5.92. The van der Waals surface area contributed by atoms with Crippen LogP contribution < -0.4 is 10.1 Å². The lowest BCUT2D eigenvalue weighted by atomic mass is 9.98. The molecule has 0 aliphatic heterocycles. The molecule has 0 amide bonds. The molecule has 0 bridgehead atoms. The number of hydrogen-bond donors (Lipinski definition) is 2. The highest BCUT2D eigenvalue weighted by Gasteiger charge is 2.17. The van der Waals surface area contributed by atoms with Crippen molar-refractivity contribution < 1.29 is 14.6 Å². The molecule has 3 aromatic rings. The molecule has 1 heterocycles. The minimum Gasteiger partial charge on any atom is -0.507 e. The molecule has 0 saturated carbocycles. The van der Waals surface area contributed by atoms with Crippen molar-refractivity contribution in [2.24, 2.45) is 5.92 Å². The average Bonchev–Trinajstić information content (AvgIpc) is 2.69. The minimum atomic E-state index is -0.0537. The molecule has 5 heteroatoms. The van der Waals surface area contributed by atoms with Gasteiger partial charge in [-0.3, -0.25) is 9.78 Å². The summed E-state index contributed by atoms with van der Waals surface area (Å²) in [4.78, 5) is 16.3. The van der Waals surface area contributed by atoms with Crippen LogP contribution >= 0.6 is 0 Å². The van der Waals surface area contributed by atoms with Crippen molar-refractivity contribution in [3.8, 4) is 11.5 Å². The predicted octanol–water partition coefficient (Wildman–Crippen LogP) is 5.65. The first-order chi connectivity index (χ1) is 13.9. The van der Waals surface area contributed by atoms with Crippen LogP contribution in [0.3, 0.4) is 0 Å². The van der Waals surface area contributed by atoms with Crippen LogP contribution in [0.15, 0.2) is 60.9 Å². The van der Waals surface area contributed by atoms with E-state index in [4.69, 9.17) is 4.74 Å². The molecule has 2 aromatic carbocycles. The molecule has 5 nitrogen and oxygen atoms in total. The first kappa shape index (κ1) is 20.4. The van der Waals surface area contributed by atoms with Gasteiger partial charge in [0.1, 0.15) is 18.1 Å². The van der Waals surface area contributed by atoms with Crippen molar-refractivity contribution in [2.75, 3.05) is 5.32 Å². The second kappa shape index (κ2) is 9.24. The van der Waals surface area contributed by atoms with Crippen LogP contribution in [-0.2, 0) is 6.61 Å². The Morgan fingerprint density at radius 2 is 1.86 bits per heavy atom.